The molecule has 0 atom stereocenters. The molecule has 2 nitrogen and oxygen atoms in total. The van der Waals surface area contributed by atoms with Gasteiger partial charge in [0, 0.05) is 5.56 Å². The summed E-state index contributed by atoms with van der Waals surface area (Å²) in [6.07, 6.45) is 7.50. The Kier molecular flexibility index (Phi) is 5.59. The summed E-state index contributed by atoms with van der Waals surface area (Å²) in [4.78, 5) is 14.6. The molecule has 0 radical (unpaired) electrons. The van der Waals surface area contributed by atoms with Crippen LogP contribution in [-0.4, -0.2) is 30.3 Å². The lowest BCUT2D eigenvalue weighted by Gasteiger charge is -2.23. The van der Waals surface area contributed by atoms with Gasteiger partial charge >= 0.3 is 0 Å². The van der Waals surface area contributed by atoms with E-state index in [4.69, 9.17) is 0 Å². The molecule has 1 fully saturated rings. The highest BCUT2D eigenvalue weighted by Crippen LogP contribution is 2.12. The molecule has 2 rings (SSSR count). The maximum atomic E-state index is 12.3. The summed E-state index contributed by atoms with van der Waals surface area (Å²) in [5.41, 5.74) is 2.15. The van der Waals surface area contributed by atoms with Gasteiger partial charge in [-0.05, 0) is 37.9 Å². The van der Waals surface area contributed by atoms with Crippen molar-refractivity contribution in [1.82, 2.24) is 4.90 Å². The molecule has 0 amide bonds. The zero-order valence-electron chi connectivity index (χ0n) is 12.0. The summed E-state index contributed by atoms with van der Waals surface area (Å²) in [5, 5.41) is 0. The van der Waals surface area contributed by atoms with E-state index in [1.54, 1.807) is 0 Å². The molecule has 1 aromatic carbocycles. The van der Waals surface area contributed by atoms with E-state index in [1.165, 1.54) is 37.7 Å². The molecule has 1 saturated heterocycles. The molecule has 1 heterocycles. The van der Waals surface area contributed by atoms with Crippen LogP contribution in [0.3, 0.4) is 0 Å². The standard InChI is InChI=1S/C17H25NO/c1-2-15-8-10-16(11-9-15)17(19)14-18-12-6-4-3-5-7-13-18/h8-11H,2-7,12-14H2,1H3. The first-order valence-electron chi connectivity index (χ1n) is 7.64. The van der Waals surface area contributed by atoms with Gasteiger partial charge in [-0.15, -0.1) is 0 Å². The Morgan fingerprint density at radius 3 is 2.16 bits per heavy atom. The van der Waals surface area contributed by atoms with Crippen molar-refractivity contribution < 1.29 is 4.79 Å². The number of rotatable bonds is 4. The maximum Gasteiger partial charge on any atom is 0.176 e. The number of Topliss-reactive ketones (excluding diaryl/α,β-unsaturated/α-hetero) is 1. The average molecular weight is 259 g/mol. The van der Waals surface area contributed by atoms with Crippen LogP contribution in [0.25, 0.3) is 0 Å². The lowest BCUT2D eigenvalue weighted by molar-refractivity contribution is 0.0924. The number of benzene rings is 1. The van der Waals surface area contributed by atoms with Crippen LogP contribution >= 0.6 is 0 Å². The fourth-order valence-electron chi connectivity index (χ4n) is 2.69. The Morgan fingerprint density at radius 2 is 1.58 bits per heavy atom. The predicted molar refractivity (Wildman–Crippen MR) is 79.7 cm³/mol. The van der Waals surface area contributed by atoms with Gasteiger partial charge in [0.2, 0.25) is 0 Å². The normalized spacial score (nSPS) is 17.7. The first-order chi connectivity index (χ1) is 9.29. The van der Waals surface area contributed by atoms with E-state index in [0.29, 0.717) is 6.54 Å². The van der Waals surface area contributed by atoms with Crippen LogP contribution in [0.15, 0.2) is 24.3 Å². The Hall–Kier alpha value is -1.15. The number of hydrogen-bond acceptors (Lipinski definition) is 2. The maximum absolute atomic E-state index is 12.3. The summed E-state index contributed by atoms with van der Waals surface area (Å²) >= 11 is 0. The number of ketones is 1. The molecule has 1 aliphatic heterocycles. The van der Waals surface area contributed by atoms with Gasteiger partial charge in [0.25, 0.3) is 0 Å². The van der Waals surface area contributed by atoms with Crippen LogP contribution in [-0.2, 0) is 6.42 Å². The van der Waals surface area contributed by atoms with E-state index in [2.05, 4.69) is 24.0 Å². The van der Waals surface area contributed by atoms with Gasteiger partial charge in [0.05, 0.1) is 6.54 Å². The summed E-state index contributed by atoms with van der Waals surface area (Å²) in [5.74, 6) is 0.267. The van der Waals surface area contributed by atoms with E-state index >= 15 is 0 Å². The van der Waals surface area contributed by atoms with Crippen LogP contribution in [0, 0.1) is 0 Å². The van der Waals surface area contributed by atoms with E-state index in [0.717, 1.165) is 25.1 Å². The van der Waals surface area contributed by atoms with Crippen LogP contribution < -0.4 is 0 Å². The second-order valence-electron chi connectivity index (χ2n) is 5.52. The Bertz CT molecular complexity index is 388. The average Bonchev–Trinajstić information content (AvgIpc) is 2.41. The number of likely N-dealkylation sites (tertiary alicyclic amines) is 1. The molecule has 19 heavy (non-hydrogen) atoms. The van der Waals surface area contributed by atoms with Crippen LogP contribution in [0.5, 0.6) is 0 Å². The highest BCUT2D eigenvalue weighted by atomic mass is 16.1. The Labute approximate surface area is 116 Å². The summed E-state index contributed by atoms with van der Waals surface area (Å²) < 4.78 is 0. The van der Waals surface area contributed by atoms with Crippen LogP contribution in [0.4, 0.5) is 0 Å². The third kappa shape index (κ3) is 4.46. The van der Waals surface area contributed by atoms with E-state index in [9.17, 15) is 4.79 Å². The molecule has 1 aliphatic rings. The smallest absolute Gasteiger partial charge is 0.176 e. The second kappa shape index (κ2) is 7.44. The lowest BCUT2D eigenvalue weighted by atomic mass is 10.0. The quantitative estimate of drug-likeness (QED) is 0.768. The van der Waals surface area contributed by atoms with Crippen molar-refractivity contribution in [2.45, 2.75) is 45.4 Å². The fourth-order valence-corrected chi connectivity index (χ4v) is 2.69. The second-order valence-corrected chi connectivity index (χ2v) is 5.52. The van der Waals surface area contributed by atoms with Gasteiger partial charge in [-0.25, -0.2) is 0 Å². The minimum Gasteiger partial charge on any atom is -0.296 e. The molecule has 0 aliphatic carbocycles. The highest BCUT2D eigenvalue weighted by Gasteiger charge is 2.13. The minimum absolute atomic E-state index is 0.267. The van der Waals surface area contributed by atoms with E-state index in [1.807, 2.05) is 12.1 Å². The molecule has 104 valence electrons. The van der Waals surface area contributed by atoms with Crippen molar-refractivity contribution >= 4 is 5.78 Å². The molecular weight excluding hydrogens is 234 g/mol. The number of carbonyl (C=O) groups is 1. The molecule has 0 spiro atoms. The molecule has 0 N–H and O–H groups in total. The number of nitrogens with zero attached hydrogens (tertiary/aromatic N) is 1. The molecule has 1 aromatic rings. The number of hydrogen-bond donors (Lipinski definition) is 0. The van der Waals surface area contributed by atoms with Crippen molar-refractivity contribution in [2.75, 3.05) is 19.6 Å². The van der Waals surface area contributed by atoms with Crippen molar-refractivity contribution in [3.63, 3.8) is 0 Å². The first-order valence-corrected chi connectivity index (χ1v) is 7.64. The van der Waals surface area contributed by atoms with E-state index < -0.39 is 0 Å². The monoisotopic (exact) mass is 259 g/mol. The van der Waals surface area contributed by atoms with Gasteiger partial charge in [0.15, 0.2) is 5.78 Å². The topological polar surface area (TPSA) is 20.3 Å². The third-order valence-corrected chi connectivity index (χ3v) is 4.00. The predicted octanol–water partition coefficient (Wildman–Crippen LogP) is 3.70. The fraction of sp³-hybridized carbons (Fsp3) is 0.588. The zero-order chi connectivity index (χ0) is 13.5. The van der Waals surface area contributed by atoms with Gasteiger partial charge in [-0.2, -0.15) is 0 Å². The van der Waals surface area contributed by atoms with Crippen molar-refractivity contribution in [2.24, 2.45) is 0 Å². The van der Waals surface area contributed by atoms with Crippen LogP contribution in [0.2, 0.25) is 0 Å². The third-order valence-electron chi connectivity index (χ3n) is 4.00. The highest BCUT2D eigenvalue weighted by molar-refractivity contribution is 5.97. The number of aryl methyl sites for hydroxylation is 1. The van der Waals surface area contributed by atoms with Crippen LogP contribution in [0.1, 0.15) is 54.9 Å². The molecule has 0 bridgehead atoms. The summed E-state index contributed by atoms with van der Waals surface area (Å²) in [6, 6.07) is 8.10. The molecule has 0 aromatic heterocycles. The van der Waals surface area contributed by atoms with Crippen molar-refractivity contribution in [1.29, 1.82) is 0 Å². The zero-order valence-corrected chi connectivity index (χ0v) is 12.0. The SMILES string of the molecule is CCc1ccc(C(=O)CN2CCCCCCC2)cc1. The Morgan fingerprint density at radius 1 is 1.00 bits per heavy atom. The molecule has 0 unspecified atom stereocenters. The van der Waals surface area contributed by atoms with Crippen molar-refractivity contribution in [3.05, 3.63) is 35.4 Å². The van der Waals surface area contributed by atoms with Crippen molar-refractivity contribution in [3.8, 4) is 0 Å². The Balaban J connectivity index is 1.91. The largest absolute Gasteiger partial charge is 0.296 e. The molecule has 2 heteroatoms. The summed E-state index contributed by atoms with van der Waals surface area (Å²) in [6.45, 7) is 4.89. The number of carbonyl (C=O) groups excluding carboxylic acids is 1. The molecule has 0 saturated carbocycles. The van der Waals surface area contributed by atoms with Gasteiger partial charge < -0.3 is 0 Å². The van der Waals surface area contributed by atoms with Gasteiger partial charge in [-0.3, -0.25) is 9.69 Å². The van der Waals surface area contributed by atoms with Gasteiger partial charge in [0.1, 0.15) is 0 Å². The summed E-state index contributed by atoms with van der Waals surface area (Å²) in [7, 11) is 0. The lowest BCUT2D eigenvalue weighted by Crippen LogP contribution is -2.32. The van der Waals surface area contributed by atoms with Gasteiger partial charge in [-0.1, -0.05) is 50.5 Å². The van der Waals surface area contributed by atoms with E-state index in [-0.39, 0.29) is 5.78 Å². The minimum atomic E-state index is 0.267. The first kappa shape index (κ1) is 14.3. The molecular formula is C17H25NO.